The summed E-state index contributed by atoms with van der Waals surface area (Å²) in [7, 11) is 0. The molecular formula is C13H23N5O. The van der Waals surface area contributed by atoms with Crippen LogP contribution in [-0.2, 0) is 0 Å². The number of hydrogen-bond donors (Lipinski definition) is 4. The van der Waals surface area contributed by atoms with Gasteiger partial charge >= 0.3 is 0 Å². The lowest BCUT2D eigenvalue weighted by Gasteiger charge is -2.29. The van der Waals surface area contributed by atoms with Gasteiger partial charge < -0.3 is 15.8 Å². The monoisotopic (exact) mass is 265 g/mol. The number of nitrogens with two attached hydrogens (primary N) is 1. The first-order valence-electron chi connectivity index (χ1n) is 6.90. The van der Waals surface area contributed by atoms with Crippen molar-refractivity contribution in [1.82, 2.24) is 9.97 Å². The molecule has 0 saturated heterocycles. The van der Waals surface area contributed by atoms with Gasteiger partial charge in [0.2, 0.25) is 0 Å². The summed E-state index contributed by atoms with van der Waals surface area (Å²) in [5.41, 5.74) is 2.56. The normalized spacial score (nSPS) is 23.4. The number of nitrogens with one attached hydrogen (secondary N) is 2. The summed E-state index contributed by atoms with van der Waals surface area (Å²) in [6.45, 7) is 4.07. The van der Waals surface area contributed by atoms with Gasteiger partial charge in [-0.1, -0.05) is 26.7 Å². The number of aliphatic hydroxyl groups is 1. The van der Waals surface area contributed by atoms with Gasteiger partial charge in [-0.15, -0.1) is 0 Å². The average molecular weight is 265 g/mol. The fourth-order valence-corrected chi connectivity index (χ4v) is 2.34. The zero-order valence-electron chi connectivity index (χ0n) is 11.6. The summed E-state index contributed by atoms with van der Waals surface area (Å²) >= 11 is 0. The molecule has 19 heavy (non-hydrogen) atoms. The highest BCUT2D eigenvalue weighted by molar-refractivity contribution is 5.47. The number of hydrogen-bond acceptors (Lipinski definition) is 6. The largest absolute Gasteiger partial charge is 0.391 e. The average Bonchev–Trinajstić information content (AvgIpc) is 2.41. The molecule has 0 spiro atoms. The third kappa shape index (κ3) is 3.54. The first kappa shape index (κ1) is 14.0. The Morgan fingerprint density at radius 3 is 2.58 bits per heavy atom. The SMILES string of the molecule is CC(C)c1nc(NN)cc(NC2CCCCC2O)n1. The lowest BCUT2D eigenvalue weighted by Crippen LogP contribution is -2.36. The lowest BCUT2D eigenvalue weighted by molar-refractivity contribution is 0.116. The quantitative estimate of drug-likeness (QED) is 0.488. The standard InChI is InChI=1S/C13H23N5O/c1-8(2)13-16-11(7-12(17-13)18-14)15-9-5-3-4-6-10(9)19/h7-10,19H,3-6,14H2,1-2H3,(H2,15,16,17,18). The number of rotatable bonds is 4. The highest BCUT2D eigenvalue weighted by atomic mass is 16.3. The lowest BCUT2D eigenvalue weighted by atomic mass is 9.92. The fourth-order valence-electron chi connectivity index (χ4n) is 2.34. The van der Waals surface area contributed by atoms with E-state index < -0.39 is 0 Å². The number of anilines is 2. The van der Waals surface area contributed by atoms with Gasteiger partial charge in [0.1, 0.15) is 17.5 Å². The Kier molecular flexibility index (Phi) is 4.55. The molecule has 2 rings (SSSR count). The van der Waals surface area contributed by atoms with Crippen LogP contribution >= 0.6 is 0 Å². The van der Waals surface area contributed by atoms with Crippen molar-refractivity contribution in [2.45, 2.75) is 57.6 Å². The minimum Gasteiger partial charge on any atom is -0.391 e. The van der Waals surface area contributed by atoms with Gasteiger partial charge in [-0.2, -0.15) is 0 Å². The molecule has 1 aliphatic rings. The molecule has 1 saturated carbocycles. The highest BCUT2D eigenvalue weighted by Gasteiger charge is 2.23. The summed E-state index contributed by atoms with van der Waals surface area (Å²) in [4.78, 5) is 8.79. The van der Waals surface area contributed by atoms with Gasteiger partial charge in [0.05, 0.1) is 12.1 Å². The maximum atomic E-state index is 9.99. The Morgan fingerprint density at radius 2 is 1.95 bits per heavy atom. The van der Waals surface area contributed by atoms with Crippen LogP contribution < -0.4 is 16.6 Å². The molecule has 2 unspecified atom stereocenters. The Balaban J connectivity index is 2.16. The first-order valence-corrected chi connectivity index (χ1v) is 6.90. The smallest absolute Gasteiger partial charge is 0.145 e. The molecule has 0 aliphatic heterocycles. The first-order chi connectivity index (χ1) is 9.10. The van der Waals surface area contributed by atoms with Crippen LogP contribution in [0.1, 0.15) is 51.3 Å². The number of nitrogens with zero attached hydrogens (tertiary/aromatic N) is 2. The number of aliphatic hydroxyl groups excluding tert-OH is 1. The molecule has 6 nitrogen and oxygen atoms in total. The topological polar surface area (TPSA) is 96.1 Å². The van der Waals surface area contributed by atoms with E-state index in [4.69, 9.17) is 5.84 Å². The number of hydrazine groups is 1. The van der Waals surface area contributed by atoms with Crippen LogP contribution in [-0.4, -0.2) is 27.2 Å². The van der Waals surface area contributed by atoms with Gasteiger partial charge in [0.25, 0.3) is 0 Å². The van der Waals surface area contributed by atoms with Crippen LogP contribution in [0.4, 0.5) is 11.6 Å². The molecule has 0 amide bonds. The molecule has 106 valence electrons. The van der Waals surface area contributed by atoms with Gasteiger partial charge in [-0.25, -0.2) is 15.8 Å². The Hall–Kier alpha value is -1.40. The molecule has 1 aliphatic carbocycles. The molecule has 0 aromatic carbocycles. The van der Waals surface area contributed by atoms with Crippen LogP contribution in [0.5, 0.6) is 0 Å². The summed E-state index contributed by atoms with van der Waals surface area (Å²) in [5, 5.41) is 13.3. The van der Waals surface area contributed by atoms with Gasteiger partial charge in [-0.3, -0.25) is 0 Å². The fraction of sp³-hybridized carbons (Fsp3) is 0.692. The van der Waals surface area contributed by atoms with Crippen molar-refractivity contribution < 1.29 is 5.11 Å². The Bertz CT molecular complexity index is 423. The molecular weight excluding hydrogens is 242 g/mol. The van der Waals surface area contributed by atoms with E-state index in [0.29, 0.717) is 5.82 Å². The van der Waals surface area contributed by atoms with E-state index in [1.807, 2.05) is 13.8 Å². The van der Waals surface area contributed by atoms with Gasteiger partial charge in [0.15, 0.2) is 0 Å². The zero-order chi connectivity index (χ0) is 13.8. The van der Waals surface area contributed by atoms with Crippen LogP contribution in [0.3, 0.4) is 0 Å². The number of nitrogen functional groups attached to an aromatic ring is 1. The van der Waals surface area contributed by atoms with Crippen LogP contribution in [0.2, 0.25) is 0 Å². The molecule has 2 atom stereocenters. The van der Waals surface area contributed by atoms with E-state index in [0.717, 1.165) is 37.3 Å². The predicted molar refractivity (Wildman–Crippen MR) is 75.8 cm³/mol. The van der Waals surface area contributed by atoms with Crippen LogP contribution in [0, 0.1) is 0 Å². The van der Waals surface area contributed by atoms with E-state index in [-0.39, 0.29) is 18.1 Å². The molecule has 1 aromatic rings. The summed E-state index contributed by atoms with van der Waals surface area (Å²) in [6, 6.07) is 1.84. The van der Waals surface area contributed by atoms with E-state index in [9.17, 15) is 5.11 Å². The molecule has 1 fully saturated rings. The number of aromatic nitrogens is 2. The van der Waals surface area contributed by atoms with Gasteiger partial charge in [0, 0.05) is 12.0 Å². The Morgan fingerprint density at radius 1 is 1.26 bits per heavy atom. The summed E-state index contributed by atoms with van der Waals surface area (Å²) < 4.78 is 0. The zero-order valence-corrected chi connectivity index (χ0v) is 11.6. The maximum Gasteiger partial charge on any atom is 0.145 e. The predicted octanol–water partition coefficient (Wildman–Crippen LogP) is 1.60. The second kappa shape index (κ2) is 6.16. The van der Waals surface area contributed by atoms with E-state index in [1.54, 1.807) is 6.07 Å². The molecule has 1 heterocycles. The van der Waals surface area contributed by atoms with Gasteiger partial charge in [-0.05, 0) is 12.8 Å². The van der Waals surface area contributed by atoms with E-state index >= 15 is 0 Å². The molecule has 0 bridgehead atoms. The molecule has 5 N–H and O–H groups in total. The minimum atomic E-state index is -0.305. The van der Waals surface area contributed by atoms with Crippen molar-refractivity contribution in [2.24, 2.45) is 5.84 Å². The van der Waals surface area contributed by atoms with E-state index in [2.05, 4.69) is 20.7 Å². The molecule has 0 radical (unpaired) electrons. The molecule has 6 heteroatoms. The maximum absolute atomic E-state index is 9.99. The summed E-state index contributed by atoms with van der Waals surface area (Å²) in [6.07, 6.45) is 3.74. The Labute approximate surface area is 113 Å². The third-order valence-corrected chi connectivity index (χ3v) is 3.47. The van der Waals surface area contributed by atoms with Crippen LogP contribution in [0.25, 0.3) is 0 Å². The van der Waals surface area contributed by atoms with E-state index in [1.165, 1.54) is 0 Å². The van der Waals surface area contributed by atoms with Crippen molar-refractivity contribution in [3.8, 4) is 0 Å². The van der Waals surface area contributed by atoms with Crippen LogP contribution in [0.15, 0.2) is 6.07 Å². The second-order valence-corrected chi connectivity index (χ2v) is 5.40. The molecule has 1 aromatic heterocycles. The highest BCUT2D eigenvalue weighted by Crippen LogP contribution is 2.23. The van der Waals surface area contributed by atoms with Crippen molar-refractivity contribution in [3.05, 3.63) is 11.9 Å². The minimum absolute atomic E-state index is 0.0642. The van der Waals surface area contributed by atoms with Crippen molar-refractivity contribution in [1.29, 1.82) is 0 Å². The second-order valence-electron chi connectivity index (χ2n) is 5.40. The summed E-state index contributed by atoms with van der Waals surface area (Å²) in [5.74, 6) is 7.71. The van der Waals surface area contributed by atoms with Crippen molar-refractivity contribution in [3.63, 3.8) is 0 Å². The van der Waals surface area contributed by atoms with Crippen molar-refractivity contribution >= 4 is 11.6 Å². The van der Waals surface area contributed by atoms with Crippen molar-refractivity contribution in [2.75, 3.05) is 10.7 Å². The third-order valence-electron chi connectivity index (χ3n) is 3.47.